The average molecular weight is 267 g/mol. The Balaban J connectivity index is 3.52. The maximum atomic E-state index is 4.62. The van der Waals surface area contributed by atoms with Crippen molar-refractivity contribution in [3.05, 3.63) is 67.0 Å². The first-order valence-electron chi connectivity index (χ1n) is 6.51. The second-order valence-electron chi connectivity index (χ2n) is 4.05. The van der Waals surface area contributed by atoms with E-state index in [2.05, 4.69) is 23.1 Å². The molecule has 3 nitrogen and oxygen atoms in total. The van der Waals surface area contributed by atoms with Crippen molar-refractivity contribution < 1.29 is 0 Å². The van der Waals surface area contributed by atoms with Crippen LogP contribution in [0.5, 0.6) is 0 Å². The van der Waals surface area contributed by atoms with Crippen molar-refractivity contribution in [1.29, 1.82) is 0 Å². The Kier molecular flexibility index (Phi) is 6.17. The molecule has 0 N–H and O–H groups in total. The second kappa shape index (κ2) is 7.89. The Morgan fingerprint density at radius 3 is 2.55 bits per heavy atom. The van der Waals surface area contributed by atoms with Crippen LogP contribution in [-0.2, 0) is 0 Å². The third kappa shape index (κ3) is 3.54. The van der Waals surface area contributed by atoms with Crippen LogP contribution in [0, 0.1) is 6.92 Å². The SMILES string of the molecule is C=CN=Cc1c(C(/C=C\C)=C/C=C\C)nc(C)n1C=C. The van der Waals surface area contributed by atoms with Gasteiger partial charge < -0.3 is 4.57 Å². The predicted molar refractivity (Wildman–Crippen MR) is 88.7 cm³/mol. The molecule has 0 aliphatic heterocycles. The Bertz CT molecular complexity index is 596. The summed E-state index contributed by atoms with van der Waals surface area (Å²) in [7, 11) is 0. The molecule has 0 fully saturated rings. The van der Waals surface area contributed by atoms with E-state index in [0.717, 1.165) is 22.8 Å². The lowest BCUT2D eigenvalue weighted by Gasteiger charge is -2.02. The number of aryl methyl sites for hydroxylation is 1. The summed E-state index contributed by atoms with van der Waals surface area (Å²) in [6, 6.07) is 0. The number of aromatic nitrogens is 2. The first kappa shape index (κ1) is 15.6. The molecular weight excluding hydrogens is 246 g/mol. The van der Waals surface area contributed by atoms with Crippen molar-refractivity contribution in [2.45, 2.75) is 20.8 Å². The molecule has 0 unspecified atom stereocenters. The van der Waals surface area contributed by atoms with Crippen LogP contribution in [-0.4, -0.2) is 15.8 Å². The van der Waals surface area contributed by atoms with E-state index in [0.29, 0.717) is 0 Å². The van der Waals surface area contributed by atoms with Gasteiger partial charge in [-0.3, -0.25) is 4.99 Å². The molecule has 3 heteroatoms. The summed E-state index contributed by atoms with van der Waals surface area (Å²) >= 11 is 0. The molecule has 1 aromatic rings. The molecule has 1 aromatic heterocycles. The third-order valence-electron chi connectivity index (χ3n) is 2.70. The van der Waals surface area contributed by atoms with Gasteiger partial charge in [0.1, 0.15) is 5.82 Å². The van der Waals surface area contributed by atoms with Crippen LogP contribution in [0.3, 0.4) is 0 Å². The lowest BCUT2D eigenvalue weighted by Crippen LogP contribution is -1.97. The molecule has 1 heterocycles. The molecular formula is C17H21N3. The van der Waals surface area contributed by atoms with Gasteiger partial charge in [-0.1, -0.05) is 43.5 Å². The summed E-state index contributed by atoms with van der Waals surface area (Å²) < 4.78 is 1.91. The van der Waals surface area contributed by atoms with Crippen LogP contribution in [0.25, 0.3) is 11.8 Å². The number of aliphatic imine (C=N–C) groups is 1. The fraction of sp³-hybridized carbons (Fsp3) is 0.176. The fourth-order valence-electron chi connectivity index (χ4n) is 1.84. The highest BCUT2D eigenvalue weighted by molar-refractivity contribution is 5.89. The molecule has 0 saturated carbocycles. The fourth-order valence-corrected chi connectivity index (χ4v) is 1.84. The Hall–Kier alpha value is -2.42. The summed E-state index contributed by atoms with van der Waals surface area (Å²) in [4.78, 5) is 8.73. The molecule has 0 radical (unpaired) electrons. The topological polar surface area (TPSA) is 30.2 Å². The van der Waals surface area contributed by atoms with Gasteiger partial charge in [-0.15, -0.1) is 0 Å². The monoisotopic (exact) mass is 267 g/mol. The van der Waals surface area contributed by atoms with Crippen molar-refractivity contribution in [3.8, 4) is 0 Å². The maximum Gasteiger partial charge on any atom is 0.110 e. The third-order valence-corrected chi connectivity index (χ3v) is 2.70. The molecule has 0 aliphatic rings. The summed E-state index contributed by atoms with van der Waals surface area (Å²) in [5.41, 5.74) is 2.80. The van der Waals surface area contributed by atoms with Gasteiger partial charge in [-0.05, 0) is 20.8 Å². The van der Waals surface area contributed by atoms with E-state index in [-0.39, 0.29) is 0 Å². The Labute approximate surface area is 121 Å². The van der Waals surface area contributed by atoms with Gasteiger partial charge in [0.2, 0.25) is 0 Å². The van der Waals surface area contributed by atoms with Crippen LogP contribution in [0.1, 0.15) is 31.1 Å². The molecule has 0 aliphatic carbocycles. The number of hydrogen-bond acceptors (Lipinski definition) is 2. The number of allylic oxidation sites excluding steroid dienone is 6. The van der Waals surface area contributed by atoms with Crippen molar-refractivity contribution >= 4 is 18.0 Å². The van der Waals surface area contributed by atoms with Gasteiger partial charge in [-0.25, -0.2) is 4.98 Å². The average Bonchev–Trinajstić information content (AvgIpc) is 2.76. The van der Waals surface area contributed by atoms with Gasteiger partial charge in [0.15, 0.2) is 0 Å². The van der Waals surface area contributed by atoms with Crippen molar-refractivity contribution in [2.24, 2.45) is 4.99 Å². The molecule has 20 heavy (non-hydrogen) atoms. The molecule has 0 bridgehead atoms. The van der Waals surface area contributed by atoms with Crippen molar-refractivity contribution in [2.75, 3.05) is 0 Å². The first-order chi connectivity index (χ1) is 9.69. The first-order valence-corrected chi connectivity index (χ1v) is 6.51. The quantitative estimate of drug-likeness (QED) is 0.555. The van der Waals surface area contributed by atoms with Crippen LogP contribution in [0.4, 0.5) is 0 Å². The van der Waals surface area contributed by atoms with Gasteiger partial charge in [0.05, 0.1) is 17.6 Å². The lowest BCUT2D eigenvalue weighted by atomic mass is 10.1. The zero-order valence-electron chi connectivity index (χ0n) is 12.4. The molecule has 0 saturated heterocycles. The van der Waals surface area contributed by atoms with Gasteiger partial charge >= 0.3 is 0 Å². The number of hydrogen-bond donors (Lipinski definition) is 0. The second-order valence-corrected chi connectivity index (χ2v) is 4.05. The van der Waals surface area contributed by atoms with E-state index in [1.807, 2.05) is 55.7 Å². The predicted octanol–water partition coefficient (Wildman–Crippen LogP) is 4.39. The molecule has 1 rings (SSSR count). The highest BCUT2D eigenvalue weighted by Gasteiger charge is 2.13. The van der Waals surface area contributed by atoms with Crippen LogP contribution < -0.4 is 0 Å². The zero-order chi connectivity index (χ0) is 15.0. The van der Waals surface area contributed by atoms with Gasteiger partial charge in [0.25, 0.3) is 0 Å². The largest absolute Gasteiger partial charge is 0.303 e. The highest BCUT2D eigenvalue weighted by atomic mass is 15.1. The van der Waals surface area contributed by atoms with E-state index >= 15 is 0 Å². The molecule has 0 atom stereocenters. The van der Waals surface area contributed by atoms with Crippen molar-refractivity contribution in [3.63, 3.8) is 0 Å². The molecule has 104 valence electrons. The van der Waals surface area contributed by atoms with Gasteiger partial charge in [-0.2, -0.15) is 0 Å². The summed E-state index contributed by atoms with van der Waals surface area (Å²) in [6.07, 6.45) is 15.0. The number of nitrogens with zero attached hydrogens (tertiary/aromatic N) is 3. The standard InChI is InChI=1S/C17H21N3/c1-6-10-12-15(11-7-2)17-16(13-18-8-3)20(9-4)14(5)19-17/h6-13H,3-4H2,1-2,5H3/b10-6-,11-7-,15-12+,18-13?. The lowest BCUT2D eigenvalue weighted by molar-refractivity contribution is 1.03. The minimum absolute atomic E-state index is 0.872. The van der Waals surface area contributed by atoms with Gasteiger partial charge in [0, 0.05) is 18.0 Å². The normalized spacial score (nSPS) is 12.8. The van der Waals surface area contributed by atoms with E-state index < -0.39 is 0 Å². The van der Waals surface area contributed by atoms with Crippen molar-refractivity contribution in [1.82, 2.24) is 9.55 Å². The molecule has 0 amide bonds. The minimum atomic E-state index is 0.872. The Morgan fingerprint density at radius 1 is 1.25 bits per heavy atom. The molecule has 0 spiro atoms. The zero-order valence-corrected chi connectivity index (χ0v) is 12.4. The van der Waals surface area contributed by atoms with Crippen LogP contribution in [0.2, 0.25) is 0 Å². The summed E-state index contributed by atoms with van der Waals surface area (Å²) in [6.45, 7) is 13.3. The van der Waals surface area contributed by atoms with E-state index in [1.54, 1.807) is 12.4 Å². The van der Waals surface area contributed by atoms with E-state index in [9.17, 15) is 0 Å². The molecule has 0 aromatic carbocycles. The maximum absolute atomic E-state index is 4.62. The highest BCUT2D eigenvalue weighted by Crippen LogP contribution is 2.21. The summed E-state index contributed by atoms with van der Waals surface area (Å²) in [5.74, 6) is 0.872. The summed E-state index contributed by atoms with van der Waals surface area (Å²) in [5, 5.41) is 0. The van der Waals surface area contributed by atoms with E-state index in [4.69, 9.17) is 0 Å². The smallest absolute Gasteiger partial charge is 0.110 e. The Morgan fingerprint density at radius 2 is 2.00 bits per heavy atom. The minimum Gasteiger partial charge on any atom is -0.303 e. The van der Waals surface area contributed by atoms with Crippen LogP contribution >= 0.6 is 0 Å². The van der Waals surface area contributed by atoms with E-state index in [1.165, 1.54) is 6.20 Å². The number of imidazole rings is 1. The number of rotatable bonds is 6. The van der Waals surface area contributed by atoms with Crippen LogP contribution in [0.15, 0.2) is 54.7 Å².